The highest BCUT2D eigenvalue weighted by Crippen LogP contribution is 2.20. The van der Waals surface area contributed by atoms with Gasteiger partial charge in [-0.25, -0.2) is 0 Å². The predicted octanol–water partition coefficient (Wildman–Crippen LogP) is 2.38. The van der Waals surface area contributed by atoms with Crippen LogP contribution in [0.15, 0.2) is 48.8 Å². The number of nitrogens with two attached hydrogens (primary N) is 1. The second-order valence-corrected chi connectivity index (χ2v) is 3.47. The molecule has 3 heteroatoms. The molecule has 1 heterocycles. The minimum absolute atomic E-state index is 0.671. The van der Waals surface area contributed by atoms with Gasteiger partial charge < -0.3 is 10.5 Å². The molecular formula is C13H14N2O. The lowest BCUT2D eigenvalue weighted by molar-refractivity contribution is 0.481. The van der Waals surface area contributed by atoms with E-state index in [0.29, 0.717) is 6.54 Å². The van der Waals surface area contributed by atoms with Gasteiger partial charge >= 0.3 is 0 Å². The summed E-state index contributed by atoms with van der Waals surface area (Å²) in [7, 11) is 0. The molecule has 0 fully saturated rings. The van der Waals surface area contributed by atoms with Crippen molar-refractivity contribution in [3.8, 4) is 11.5 Å². The lowest BCUT2D eigenvalue weighted by atomic mass is 10.1. The van der Waals surface area contributed by atoms with Gasteiger partial charge in [0.05, 0.1) is 0 Å². The summed E-state index contributed by atoms with van der Waals surface area (Å²) in [5, 5.41) is 0. The number of aromatic nitrogens is 1. The molecule has 0 spiro atoms. The first kappa shape index (κ1) is 10.6. The molecule has 0 aliphatic carbocycles. The van der Waals surface area contributed by atoms with E-state index in [9.17, 15) is 0 Å². The van der Waals surface area contributed by atoms with Crippen molar-refractivity contribution in [2.75, 3.05) is 6.54 Å². The summed E-state index contributed by atoms with van der Waals surface area (Å²) >= 11 is 0. The van der Waals surface area contributed by atoms with Crippen molar-refractivity contribution in [1.29, 1.82) is 0 Å². The highest BCUT2D eigenvalue weighted by molar-refractivity contribution is 5.32. The van der Waals surface area contributed by atoms with Crippen LogP contribution in [0.25, 0.3) is 0 Å². The predicted molar refractivity (Wildman–Crippen MR) is 63.5 cm³/mol. The number of pyridine rings is 1. The number of nitrogens with zero attached hydrogens (tertiary/aromatic N) is 1. The second kappa shape index (κ2) is 5.28. The molecular weight excluding hydrogens is 200 g/mol. The molecule has 0 saturated heterocycles. The minimum atomic E-state index is 0.671. The van der Waals surface area contributed by atoms with Crippen LogP contribution in [-0.2, 0) is 6.42 Å². The van der Waals surface area contributed by atoms with Crippen LogP contribution >= 0.6 is 0 Å². The van der Waals surface area contributed by atoms with E-state index >= 15 is 0 Å². The van der Waals surface area contributed by atoms with E-state index in [-0.39, 0.29) is 0 Å². The fourth-order valence-electron chi connectivity index (χ4n) is 1.43. The molecule has 0 aliphatic heterocycles. The molecule has 0 amide bonds. The molecule has 0 aliphatic rings. The molecule has 2 rings (SSSR count). The van der Waals surface area contributed by atoms with E-state index in [4.69, 9.17) is 10.5 Å². The van der Waals surface area contributed by atoms with Crippen molar-refractivity contribution < 1.29 is 4.74 Å². The molecule has 2 N–H and O–H groups in total. The van der Waals surface area contributed by atoms with Crippen molar-refractivity contribution in [3.63, 3.8) is 0 Å². The zero-order chi connectivity index (χ0) is 11.2. The maximum Gasteiger partial charge on any atom is 0.130 e. The number of benzene rings is 1. The minimum Gasteiger partial charge on any atom is -0.457 e. The molecule has 0 bridgehead atoms. The Hall–Kier alpha value is -1.87. The van der Waals surface area contributed by atoms with Crippen molar-refractivity contribution >= 4 is 0 Å². The molecule has 82 valence electrons. The van der Waals surface area contributed by atoms with Gasteiger partial charge in [0.2, 0.25) is 0 Å². The van der Waals surface area contributed by atoms with Crippen LogP contribution in [0.4, 0.5) is 0 Å². The van der Waals surface area contributed by atoms with Crippen molar-refractivity contribution in [1.82, 2.24) is 4.98 Å². The zero-order valence-corrected chi connectivity index (χ0v) is 8.97. The molecule has 2 aromatic rings. The molecule has 0 radical (unpaired) electrons. The Kier molecular flexibility index (Phi) is 3.51. The molecule has 0 saturated carbocycles. The third kappa shape index (κ3) is 2.81. The summed E-state index contributed by atoms with van der Waals surface area (Å²) in [6.07, 6.45) is 4.31. The molecule has 1 aromatic carbocycles. The SMILES string of the molecule is NCCc1ccc(Oc2ccncc2)cc1. The Morgan fingerprint density at radius 2 is 1.56 bits per heavy atom. The number of rotatable bonds is 4. The Bertz CT molecular complexity index is 425. The summed E-state index contributed by atoms with van der Waals surface area (Å²) in [4.78, 5) is 3.93. The van der Waals surface area contributed by atoms with E-state index in [1.807, 2.05) is 36.4 Å². The zero-order valence-electron chi connectivity index (χ0n) is 8.97. The fourth-order valence-corrected chi connectivity index (χ4v) is 1.43. The van der Waals surface area contributed by atoms with Gasteiger partial charge in [-0.2, -0.15) is 0 Å². The van der Waals surface area contributed by atoms with E-state index in [0.717, 1.165) is 17.9 Å². The Morgan fingerprint density at radius 1 is 0.938 bits per heavy atom. The molecule has 3 nitrogen and oxygen atoms in total. The summed E-state index contributed by atoms with van der Waals surface area (Å²) in [6.45, 7) is 0.671. The van der Waals surface area contributed by atoms with Crippen LogP contribution in [0.5, 0.6) is 11.5 Å². The maximum atomic E-state index is 5.64. The summed E-state index contributed by atoms with van der Waals surface area (Å²) < 4.78 is 5.64. The Morgan fingerprint density at radius 3 is 2.19 bits per heavy atom. The second-order valence-electron chi connectivity index (χ2n) is 3.47. The van der Waals surface area contributed by atoms with Gasteiger partial charge in [-0.3, -0.25) is 4.98 Å². The fraction of sp³-hybridized carbons (Fsp3) is 0.154. The molecule has 0 atom stereocenters. The van der Waals surface area contributed by atoms with Gasteiger partial charge in [0.15, 0.2) is 0 Å². The third-order valence-electron chi connectivity index (χ3n) is 2.24. The first-order valence-electron chi connectivity index (χ1n) is 5.25. The van der Waals surface area contributed by atoms with Crippen LogP contribution in [0.3, 0.4) is 0 Å². The smallest absolute Gasteiger partial charge is 0.130 e. The third-order valence-corrected chi connectivity index (χ3v) is 2.24. The van der Waals surface area contributed by atoms with Gasteiger partial charge in [0, 0.05) is 12.4 Å². The molecule has 16 heavy (non-hydrogen) atoms. The van der Waals surface area contributed by atoms with Crippen molar-refractivity contribution in [3.05, 3.63) is 54.4 Å². The lowest BCUT2D eigenvalue weighted by Gasteiger charge is -2.05. The standard InChI is InChI=1S/C13H14N2O/c14-8-5-11-1-3-12(4-2-11)16-13-6-9-15-10-7-13/h1-4,6-7,9-10H,5,8,14H2. The van der Waals surface area contributed by atoms with Crippen LogP contribution in [0.2, 0.25) is 0 Å². The van der Waals surface area contributed by atoms with E-state index in [2.05, 4.69) is 4.98 Å². The first-order chi connectivity index (χ1) is 7.88. The van der Waals surface area contributed by atoms with Crippen LogP contribution in [-0.4, -0.2) is 11.5 Å². The normalized spacial score (nSPS) is 10.1. The molecule has 0 unspecified atom stereocenters. The first-order valence-corrected chi connectivity index (χ1v) is 5.25. The van der Waals surface area contributed by atoms with Crippen LogP contribution in [0, 0.1) is 0 Å². The average Bonchev–Trinajstić information content (AvgIpc) is 2.33. The van der Waals surface area contributed by atoms with Gasteiger partial charge in [-0.05, 0) is 42.8 Å². The topological polar surface area (TPSA) is 48.1 Å². The number of hydrogen-bond donors (Lipinski definition) is 1. The van der Waals surface area contributed by atoms with Gasteiger partial charge in [0.1, 0.15) is 11.5 Å². The van der Waals surface area contributed by atoms with E-state index in [1.165, 1.54) is 5.56 Å². The van der Waals surface area contributed by atoms with E-state index in [1.54, 1.807) is 12.4 Å². The summed E-state index contributed by atoms with van der Waals surface area (Å²) in [6, 6.07) is 11.6. The van der Waals surface area contributed by atoms with Gasteiger partial charge in [-0.1, -0.05) is 12.1 Å². The maximum absolute atomic E-state index is 5.64. The quantitative estimate of drug-likeness (QED) is 0.850. The van der Waals surface area contributed by atoms with Crippen molar-refractivity contribution in [2.24, 2.45) is 5.73 Å². The Balaban J connectivity index is 2.05. The van der Waals surface area contributed by atoms with E-state index < -0.39 is 0 Å². The summed E-state index contributed by atoms with van der Waals surface area (Å²) in [5.41, 5.74) is 6.71. The van der Waals surface area contributed by atoms with Crippen LogP contribution < -0.4 is 10.5 Å². The van der Waals surface area contributed by atoms with Gasteiger partial charge in [0.25, 0.3) is 0 Å². The average molecular weight is 214 g/mol. The highest BCUT2D eigenvalue weighted by Gasteiger charge is 1.96. The monoisotopic (exact) mass is 214 g/mol. The lowest BCUT2D eigenvalue weighted by Crippen LogP contribution is -2.02. The largest absolute Gasteiger partial charge is 0.457 e. The summed E-state index contributed by atoms with van der Waals surface area (Å²) in [5.74, 6) is 1.62. The number of hydrogen-bond acceptors (Lipinski definition) is 3. The number of ether oxygens (including phenoxy) is 1. The molecule has 1 aromatic heterocycles. The highest BCUT2D eigenvalue weighted by atomic mass is 16.5. The van der Waals surface area contributed by atoms with Gasteiger partial charge in [-0.15, -0.1) is 0 Å². The Labute approximate surface area is 94.9 Å². The van der Waals surface area contributed by atoms with Crippen LogP contribution in [0.1, 0.15) is 5.56 Å². The van der Waals surface area contributed by atoms with Crippen molar-refractivity contribution in [2.45, 2.75) is 6.42 Å².